The molecule has 0 saturated carbocycles. The zero-order valence-corrected chi connectivity index (χ0v) is 21.9. The summed E-state index contributed by atoms with van der Waals surface area (Å²) in [5.74, 6) is 1.45. The number of halogens is 2. The molecule has 2 amide bonds. The number of nitrogens with one attached hydrogen (secondary N) is 1. The van der Waals surface area contributed by atoms with E-state index in [1.807, 2.05) is 53.1 Å². The molecule has 0 atom stereocenters. The number of carbonyl (C=O) groups excluding carboxylic acids is 1. The summed E-state index contributed by atoms with van der Waals surface area (Å²) in [5, 5.41) is 3.52. The van der Waals surface area contributed by atoms with Gasteiger partial charge < -0.3 is 19.7 Å². The highest BCUT2D eigenvalue weighted by Gasteiger charge is 2.31. The molecule has 1 fully saturated rings. The first-order valence-electron chi connectivity index (χ1n) is 13.4. The maximum Gasteiger partial charge on any atom is 0.320 e. The average molecular weight is 528 g/mol. The quantitative estimate of drug-likeness (QED) is 0.322. The Bertz CT molecular complexity index is 1460. The summed E-state index contributed by atoms with van der Waals surface area (Å²) in [4.78, 5) is 22.2. The largest absolute Gasteiger partial charge is 0.340 e. The number of imidazole rings is 1. The van der Waals surface area contributed by atoms with Gasteiger partial charge in [0.25, 0.3) is 0 Å². The van der Waals surface area contributed by atoms with E-state index < -0.39 is 0 Å². The van der Waals surface area contributed by atoms with Crippen LogP contribution in [-0.2, 0) is 13.1 Å². The van der Waals surface area contributed by atoms with Crippen LogP contribution in [0.2, 0.25) is 0 Å². The van der Waals surface area contributed by atoms with Crippen LogP contribution in [0, 0.1) is 18.6 Å². The van der Waals surface area contributed by atoms with Crippen LogP contribution in [-0.4, -0.2) is 45.0 Å². The topological polar surface area (TPSA) is 53.4 Å². The summed E-state index contributed by atoms with van der Waals surface area (Å²) in [6, 6.07) is 21.2. The molecule has 4 aromatic rings. The summed E-state index contributed by atoms with van der Waals surface area (Å²) in [6.07, 6.45) is 1.72. The second kappa shape index (κ2) is 10.5. The third-order valence-corrected chi connectivity index (χ3v) is 7.78. The Hall–Kier alpha value is -4.20. The second-order valence-electron chi connectivity index (χ2n) is 10.4. The third kappa shape index (κ3) is 5.24. The summed E-state index contributed by atoms with van der Waals surface area (Å²) in [7, 11) is 0. The predicted molar refractivity (Wildman–Crippen MR) is 148 cm³/mol. The standard InChI is InChI=1S/C31H31F2N5O/c1-21-2-12-27(13-3-21)34-30-29(24-6-10-26(33)11-7-24)35-28-20-37(18-19-38(28)30)31(39)36-16-14-23(15-17-36)22-4-8-25(32)9-5-22/h2-13,23,34H,14-20H2,1H3. The first-order chi connectivity index (χ1) is 18.9. The van der Waals surface area contributed by atoms with Crippen molar-refractivity contribution in [3.05, 3.63) is 101 Å². The van der Waals surface area contributed by atoms with Crippen molar-refractivity contribution in [1.82, 2.24) is 19.4 Å². The number of piperidine rings is 1. The van der Waals surface area contributed by atoms with Crippen molar-refractivity contribution in [2.24, 2.45) is 0 Å². The Morgan fingerprint density at radius 3 is 2.13 bits per heavy atom. The summed E-state index contributed by atoms with van der Waals surface area (Å²) in [5.41, 5.74) is 4.79. The van der Waals surface area contributed by atoms with Crippen LogP contribution < -0.4 is 5.32 Å². The van der Waals surface area contributed by atoms with Crippen LogP contribution in [0.1, 0.15) is 35.7 Å². The molecule has 1 N–H and O–H groups in total. The van der Waals surface area contributed by atoms with Gasteiger partial charge in [-0.2, -0.15) is 0 Å². The van der Waals surface area contributed by atoms with Crippen molar-refractivity contribution >= 4 is 17.5 Å². The molecule has 8 heteroatoms. The molecule has 2 aliphatic heterocycles. The van der Waals surface area contributed by atoms with E-state index in [1.165, 1.54) is 29.8 Å². The van der Waals surface area contributed by atoms with Crippen LogP contribution >= 0.6 is 0 Å². The van der Waals surface area contributed by atoms with Crippen LogP contribution in [0.3, 0.4) is 0 Å². The number of hydrogen-bond donors (Lipinski definition) is 1. The van der Waals surface area contributed by atoms with E-state index in [9.17, 15) is 13.6 Å². The first kappa shape index (κ1) is 25.1. The smallest absolute Gasteiger partial charge is 0.320 e. The highest BCUT2D eigenvalue weighted by molar-refractivity contribution is 5.78. The Morgan fingerprint density at radius 1 is 0.821 bits per heavy atom. The minimum absolute atomic E-state index is 0.0261. The lowest BCUT2D eigenvalue weighted by Crippen LogP contribution is -2.48. The van der Waals surface area contributed by atoms with Gasteiger partial charge in [0.2, 0.25) is 0 Å². The number of aryl methyl sites for hydroxylation is 1. The summed E-state index contributed by atoms with van der Waals surface area (Å²) >= 11 is 0. The SMILES string of the molecule is Cc1ccc(Nc2c(-c3ccc(F)cc3)nc3n2CCN(C(=O)N2CCC(c4ccc(F)cc4)CC2)C3)cc1. The number of amides is 2. The first-order valence-corrected chi connectivity index (χ1v) is 13.4. The van der Waals surface area contributed by atoms with Gasteiger partial charge in [0, 0.05) is 37.4 Å². The normalized spacial score (nSPS) is 15.8. The highest BCUT2D eigenvalue weighted by Crippen LogP contribution is 2.34. The number of urea groups is 1. The molecule has 0 aliphatic carbocycles. The van der Waals surface area contributed by atoms with Crippen LogP contribution in [0.4, 0.5) is 25.1 Å². The van der Waals surface area contributed by atoms with E-state index >= 15 is 0 Å². The van der Waals surface area contributed by atoms with Gasteiger partial charge in [-0.1, -0.05) is 29.8 Å². The molecular weight excluding hydrogens is 496 g/mol. The number of hydrogen-bond acceptors (Lipinski definition) is 3. The molecule has 0 radical (unpaired) electrons. The minimum Gasteiger partial charge on any atom is -0.340 e. The molecule has 3 heterocycles. The van der Waals surface area contributed by atoms with Crippen molar-refractivity contribution in [3.8, 4) is 11.3 Å². The number of anilines is 2. The number of rotatable bonds is 4. The van der Waals surface area contributed by atoms with Gasteiger partial charge in [-0.25, -0.2) is 18.6 Å². The van der Waals surface area contributed by atoms with Gasteiger partial charge >= 0.3 is 6.03 Å². The van der Waals surface area contributed by atoms with Crippen molar-refractivity contribution in [1.29, 1.82) is 0 Å². The number of fused-ring (bicyclic) bond motifs is 1. The lowest BCUT2D eigenvalue weighted by atomic mass is 9.89. The van der Waals surface area contributed by atoms with Crippen molar-refractivity contribution in [3.63, 3.8) is 0 Å². The van der Waals surface area contributed by atoms with Gasteiger partial charge in [-0.05, 0) is 79.8 Å². The van der Waals surface area contributed by atoms with E-state index in [2.05, 4.69) is 9.88 Å². The maximum atomic E-state index is 13.7. The van der Waals surface area contributed by atoms with E-state index in [-0.39, 0.29) is 17.7 Å². The molecule has 200 valence electrons. The Kier molecular flexibility index (Phi) is 6.77. The maximum absolute atomic E-state index is 13.7. The fraction of sp³-hybridized carbons (Fsp3) is 0.290. The van der Waals surface area contributed by atoms with Crippen molar-refractivity contribution in [2.75, 3.05) is 25.0 Å². The van der Waals surface area contributed by atoms with Gasteiger partial charge in [0.1, 0.15) is 29.0 Å². The van der Waals surface area contributed by atoms with Crippen molar-refractivity contribution < 1.29 is 13.6 Å². The molecule has 1 aromatic heterocycles. The molecule has 1 saturated heterocycles. The van der Waals surface area contributed by atoms with Crippen LogP contribution in [0.15, 0.2) is 72.8 Å². The zero-order chi connectivity index (χ0) is 26.9. The fourth-order valence-corrected chi connectivity index (χ4v) is 5.54. The predicted octanol–water partition coefficient (Wildman–Crippen LogP) is 6.70. The van der Waals surface area contributed by atoms with Crippen LogP contribution in [0.5, 0.6) is 0 Å². The van der Waals surface area contributed by atoms with Gasteiger partial charge in [-0.3, -0.25) is 0 Å². The van der Waals surface area contributed by atoms with Crippen molar-refractivity contribution in [2.45, 2.75) is 38.8 Å². The molecule has 3 aromatic carbocycles. The lowest BCUT2D eigenvalue weighted by molar-refractivity contribution is 0.128. The molecule has 6 rings (SSSR count). The molecule has 0 unspecified atom stereocenters. The average Bonchev–Trinajstić information content (AvgIpc) is 3.32. The van der Waals surface area contributed by atoms with Gasteiger partial charge in [0.05, 0.1) is 6.54 Å². The van der Waals surface area contributed by atoms with E-state index in [1.54, 1.807) is 12.1 Å². The molecule has 6 nitrogen and oxygen atoms in total. The molecular formula is C31H31F2N5O. The van der Waals surface area contributed by atoms with E-state index in [4.69, 9.17) is 4.98 Å². The number of likely N-dealkylation sites (tertiary alicyclic amines) is 1. The third-order valence-electron chi connectivity index (χ3n) is 7.78. The molecule has 0 bridgehead atoms. The minimum atomic E-state index is -0.296. The number of aromatic nitrogens is 2. The summed E-state index contributed by atoms with van der Waals surface area (Å²) in [6.45, 7) is 4.98. The number of carbonyl (C=O) groups is 1. The monoisotopic (exact) mass is 527 g/mol. The number of benzene rings is 3. The van der Waals surface area contributed by atoms with E-state index in [0.717, 1.165) is 47.0 Å². The Morgan fingerprint density at radius 2 is 1.46 bits per heavy atom. The fourth-order valence-electron chi connectivity index (χ4n) is 5.54. The van der Waals surface area contributed by atoms with Crippen LogP contribution in [0.25, 0.3) is 11.3 Å². The molecule has 39 heavy (non-hydrogen) atoms. The zero-order valence-electron chi connectivity index (χ0n) is 21.9. The Labute approximate surface area is 226 Å². The Balaban J connectivity index is 1.20. The highest BCUT2D eigenvalue weighted by atomic mass is 19.1. The van der Waals surface area contributed by atoms with E-state index in [0.29, 0.717) is 38.6 Å². The molecule has 0 spiro atoms. The lowest BCUT2D eigenvalue weighted by Gasteiger charge is -2.37. The number of nitrogens with zero attached hydrogens (tertiary/aromatic N) is 4. The van der Waals surface area contributed by atoms with Gasteiger partial charge in [-0.15, -0.1) is 0 Å². The second-order valence-corrected chi connectivity index (χ2v) is 10.4. The summed E-state index contributed by atoms with van der Waals surface area (Å²) < 4.78 is 29.1. The molecule has 2 aliphatic rings. The van der Waals surface area contributed by atoms with Gasteiger partial charge in [0.15, 0.2) is 0 Å².